The Morgan fingerprint density at radius 2 is 2.00 bits per heavy atom. The van der Waals surface area contributed by atoms with Crippen molar-refractivity contribution in [1.29, 1.82) is 0 Å². The molecule has 1 aromatic carbocycles. The molecule has 1 N–H and O–H groups in total. The van der Waals surface area contributed by atoms with Crippen LogP contribution in [0.25, 0.3) is 5.82 Å². The molecule has 0 radical (unpaired) electrons. The zero-order valence-corrected chi connectivity index (χ0v) is 15.6. The van der Waals surface area contributed by atoms with Crippen molar-refractivity contribution in [2.24, 2.45) is 5.92 Å². The number of carbonyl (C=O) groups excluding carboxylic acids is 1. The van der Waals surface area contributed by atoms with Gasteiger partial charge in [-0.25, -0.2) is 14.6 Å². The number of nitrogens with one attached hydrogen (secondary N) is 1. The van der Waals surface area contributed by atoms with Crippen LogP contribution in [0.15, 0.2) is 55.1 Å². The molecule has 0 unspecified atom stereocenters. The highest BCUT2D eigenvalue weighted by atomic mass is 16.5. The number of amides is 1. The second-order valence-electron chi connectivity index (χ2n) is 7.03. The van der Waals surface area contributed by atoms with Crippen LogP contribution in [-0.4, -0.2) is 25.7 Å². The maximum absolute atomic E-state index is 12.1. The third-order valence-electron chi connectivity index (χ3n) is 4.98. The smallest absolute Gasteiger partial charge is 0.224 e. The lowest BCUT2D eigenvalue weighted by Crippen LogP contribution is -2.12. The first-order valence-corrected chi connectivity index (χ1v) is 9.66. The van der Waals surface area contributed by atoms with Gasteiger partial charge in [0.1, 0.15) is 12.1 Å². The quantitative estimate of drug-likeness (QED) is 0.661. The minimum atomic E-state index is 0.0697. The van der Waals surface area contributed by atoms with E-state index in [1.54, 1.807) is 23.1 Å². The number of anilines is 1. The number of nitrogens with zero attached hydrogens (tertiary/aromatic N) is 4. The molecule has 1 aliphatic rings. The summed E-state index contributed by atoms with van der Waals surface area (Å²) in [6, 6.07) is 10.8. The Labute approximate surface area is 163 Å². The van der Waals surface area contributed by atoms with Crippen LogP contribution in [0.2, 0.25) is 0 Å². The Kier molecular flexibility index (Phi) is 5.61. The molecule has 144 valence electrons. The third-order valence-corrected chi connectivity index (χ3v) is 4.98. The first kappa shape index (κ1) is 18.2. The topological polar surface area (TPSA) is 81.9 Å². The van der Waals surface area contributed by atoms with E-state index in [1.165, 1.54) is 32.0 Å². The molecule has 2 heterocycles. The number of hydrogen-bond donors (Lipinski definition) is 1. The fourth-order valence-electron chi connectivity index (χ4n) is 3.50. The molecule has 0 aliphatic heterocycles. The second kappa shape index (κ2) is 8.65. The summed E-state index contributed by atoms with van der Waals surface area (Å²) in [5, 5.41) is 7.10. The predicted octanol–water partition coefficient (Wildman–Crippen LogP) is 4.36. The summed E-state index contributed by atoms with van der Waals surface area (Å²) >= 11 is 0. The fraction of sp³-hybridized carbons (Fsp3) is 0.333. The minimum Gasteiger partial charge on any atom is -0.439 e. The molecule has 0 spiro atoms. The third kappa shape index (κ3) is 4.73. The molecular weight excluding hydrogens is 354 g/mol. The van der Waals surface area contributed by atoms with Crippen LogP contribution < -0.4 is 10.1 Å². The van der Waals surface area contributed by atoms with E-state index in [4.69, 9.17) is 4.74 Å². The molecule has 0 saturated heterocycles. The van der Waals surface area contributed by atoms with Crippen molar-refractivity contribution < 1.29 is 9.53 Å². The molecule has 1 saturated carbocycles. The number of hydrogen-bond acceptors (Lipinski definition) is 5. The monoisotopic (exact) mass is 377 g/mol. The number of ether oxygens (including phenoxy) is 1. The van der Waals surface area contributed by atoms with Gasteiger partial charge in [0, 0.05) is 30.6 Å². The highest BCUT2D eigenvalue weighted by Gasteiger charge is 2.16. The van der Waals surface area contributed by atoms with Crippen molar-refractivity contribution in [3.05, 3.63) is 55.1 Å². The first-order chi connectivity index (χ1) is 13.8. The fourth-order valence-corrected chi connectivity index (χ4v) is 3.50. The summed E-state index contributed by atoms with van der Waals surface area (Å²) in [7, 11) is 0. The lowest BCUT2D eigenvalue weighted by atomic mass is 10.0. The van der Waals surface area contributed by atoms with Gasteiger partial charge in [0.2, 0.25) is 11.8 Å². The van der Waals surface area contributed by atoms with Crippen LogP contribution in [0, 0.1) is 5.92 Å². The highest BCUT2D eigenvalue weighted by molar-refractivity contribution is 5.90. The van der Waals surface area contributed by atoms with Crippen LogP contribution in [0.3, 0.4) is 0 Å². The maximum atomic E-state index is 12.1. The molecule has 2 aromatic heterocycles. The Bertz CT molecular complexity index is 903. The number of carbonyl (C=O) groups is 1. The molecule has 3 aromatic rings. The molecule has 0 bridgehead atoms. The zero-order valence-electron chi connectivity index (χ0n) is 15.6. The van der Waals surface area contributed by atoms with Crippen LogP contribution in [0.5, 0.6) is 11.6 Å². The maximum Gasteiger partial charge on any atom is 0.224 e. The second-order valence-corrected chi connectivity index (χ2v) is 7.03. The van der Waals surface area contributed by atoms with Crippen molar-refractivity contribution in [2.45, 2.75) is 38.5 Å². The Morgan fingerprint density at radius 3 is 2.75 bits per heavy atom. The molecule has 4 rings (SSSR count). The van der Waals surface area contributed by atoms with Gasteiger partial charge in [-0.1, -0.05) is 25.7 Å². The van der Waals surface area contributed by atoms with Gasteiger partial charge in [-0.15, -0.1) is 0 Å². The van der Waals surface area contributed by atoms with E-state index in [-0.39, 0.29) is 5.91 Å². The Morgan fingerprint density at radius 1 is 1.18 bits per heavy atom. The summed E-state index contributed by atoms with van der Waals surface area (Å²) in [6.45, 7) is 0. The predicted molar refractivity (Wildman–Crippen MR) is 105 cm³/mol. The standard InChI is InChI=1S/C21H23N5O2/c27-20(11-6-16-4-1-2-5-16)25-17-7-9-18(10-8-17)28-21-14-19(22-15-23-21)26-13-3-12-24-26/h3,7-10,12-16H,1-2,4-6,11H2,(H,25,27). The largest absolute Gasteiger partial charge is 0.439 e. The van der Waals surface area contributed by atoms with Gasteiger partial charge in [-0.05, 0) is 42.7 Å². The normalized spacial score (nSPS) is 14.1. The van der Waals surface area contributed by atoms with Gasteiger partial charge >= 0.3 is 0 Å². The minimum absolute atomic E-state index is 0.0697. The van der Waals surface area contributed by atoms with E-state index in [2.05, 4.69) is 20.4 Å². The molecule has 7 heteroatoms. The molecule has 1 fully saturated rings. The van der Waals surface area contributed by atoms with E-state index in [0.717, 1.165) is 18.0 Å². The number of rotatable bonds is 7. The van der Waals surface area contributed by atoms with Crippen molar-refractivity contribution in [2.75, 3.05) is 5.32 Å². The van der Waals surface area contributed by atoms with E-state index in [9.17, 15) is 4.79 Å². The summed E-state index contributed by atoms with van der Waals surface area (Å²) in [6.07, 6.45) is 11.6. The van der Waals surface area contributed by atoms with Crippen LogP contribution in [0.1, 0.15) is 38.5 Å². The molecule has 1 amide bonds. The van der Waals surface area contributed by atoms with Gasteiger partial charge in [0.25, 0.3) is 0 Å². The van der Waals surface area contributed by atoms with Crippen molar-refractivity contribution in [3.63, 3.8) is 0 Å². The van der Waals surface area contributed by atoms with E-state index >= 15 is 0 Å². The van der Waals surface area contributed by atoms with E-state index in [0.29, 0.717) is 23.9 Å². The van der Waals surface area contributed by atoms with Gasteiger partial charge in [-0.3, -0.25) is 4.79 Å². The molecule has 28 heavy (non-hydrogen) atoms. The van der Waals surface area contributed by atoms with Crippen molar-refractivity contribution in [3.8, 4) is 17.4 Å². The molecular formula is C21H23N5O2. The highest BCUT2D eigenvalue weighted by Crippen LogP contribution is 2.28. The summed E-state index contributed by atoms with van der Waals surface area (Å²) in [4.78, 5) is 20.4. The SMILES string of the molecule is O=C(CCC1CCCC1)Nc1ccc(Oc2cc(-n3cccn3)ncn2)cc1. The van der Waals surface area contributed by atoms with Crippen molar-refractivity contribution in [1.82, 2.24) is 19.7 Å². The zero-order chi connectivity index (χ0) is 19.2. The summed E-state index contributed by atoms with van der Waals surface area (Å²) in [5.41, 5.74) is 0.767. The lowest BCUT2D eigenvalue weighted by molar-refractivity contribution is -0.116. The van der Waals surface area contributed by atoms with Gasteiger partial charge < -0.3 is 10.1 Å². The Balaban J connectivity index is 1.32. The van der Waals surface area contributed by atoms with Crippen molar-refractivity contribution >= 4 is 11.6 Å². The van der Waals surface area contributed by atoms with Gasteiger partial charge in [0.15, 0.2) is 5.82 Å². The molecule has 7 nitrogen and oxygen atoms in total. The van der Waals surface area contributed by atoms with E-state index in [1.807, 2.05) is 30.3 Å². The summed E-state index contributed by atoms with van der Waals surface area (Å²) in [5.74, 6) is 2.48. The summed E-state index contributed by atoms with van der Waals surface area (Å²) < 4.78 is 7.42. The van der Waals surface area contributed by atoms with Crippen LogP contribution in [-0.2, 0) is 4.79 Å². The van der Waals surface area contributed by atoms with Gasteiger partial charge in [0.05, 0.1) is 0 Å². The molecule has 1 aliphatic carbocycles. The average molecular weight is 377 g/mol. The van der Waals surface area contributed by atoms with Crippen LogP contribution in [0.4, 0.5) is 5.69 Å². The first-order valence-electron chi connectivity index (χ1n) is 9.66. The Hall–Kier alpha value is -3.22. The van der Waals surface area contributed by atoms with Gasteiger partial charge in [-0.2, -0.15) is 5.10 Å². The number of benzene rings is 1. The average Bonchev–Trinajstić information content (AvgIpc) is 3.42. The number of aromatic nitrogens is 4. The molecule has 0 atom stereocenters. The van der Waals surface area contributed by atoms with Crippen LogP contribution >= 0.6 is 0 Å². The van der Waals surface area contributed by atoms with E-state index < -0.39 is 0 Å². The lowest BCUT2D eigenvalue weighted by Gasteiger charge is -2.10.